The van der Waals surface area contributed by atoms with E-state index in [1.54, 1.807) is 26.2 Å². The fraction of sp³-hybridized carbons (Fsp3) is 0.667. The van der Waals surface area contributed by atoms with Crippen LogP contribution in [0.15, 0.2) is 5.38 Å². The van der Waals surface area contributed by atoms with Crippen molar-refractivity contribution < 1.29 is 19.8 Å². The number of carbonyl (C=O) groups is 1. The lowest BCUT2D eigenvalue weighted by molar-refractivity contribution is -0.125. The van der Waals surface area contributed by atoms with E-state index in [4.69, 9.17) is 9.84 Å². The van der Waals surface area contributed by atoms with E-state index in [-0.39, 0.29) is 13.0 Å². The van der Waals surface area contributed by atoms with Crippen LogP contribution in [0.1, 0.15) is 43.9 Å². The highest BCUT2D eigenvalue weighted by atomic mass is 32.1. The molecular weight excluding hydrogens is 268 g/mol. The molecular formula is C12H20N2O4S. The Morgan fingerprint density at radius 2 is 2.21 bits per heavy atom. The SMILES string of the molecule is Cc1nc([C@H](CCO)N(O)C(=O)OC(C)(C)C)cs1. The van der Waals surface area contributed by atoms with Crippen molar-refractivity contribution in [2.24, 2.45) is 0 Å². The van der Waals surface area contributed by atoms with Crippen molar-refractivity contribution in [1.29, 1.82) is 0 Å². The van der Waals surface area contributed by atoms with E-state index >= 15 is 0 Å². The lowest BCUT2D eigenvalue weighted by Gasteiger charge is -2.27. The van der Waals surface area contributed by atoms with Gasteiger partial charge in [0, 0.05) is 12.0 Å². The Labute approximate surface area is 116 Å². The van der Waals surface area contributed by atoms with Crippen LogP contribution in [-0.4, -0.2) is 38.7 Å². The molecule has 7 heteroatoms. The number of nitrogens with zero attached hydrogens (tertiary/aromatic N) is 2. The fourth-order valence-corrected chi connectivity index (χ4v) is 2.15. The van der Waals surface area contributed by atoms with Crippen LogP contribution in [0.25, 0.3) is 0 Å². The monoisotopic (exact) mass is 288 g/mol. The van der Waals surface area contributed by atoms with Gasteiger partial charge < -0.3 is 9.84 Å². The standard InChI is InChI=1S/C12H20N2O4S/c1-8-13-9(7-19-8)10(5-6-15)14(17)11(16)18-12(2,3)4/h7,10,15,17H,5-6H2,1-4H3/t10-/m0/s1. The lowest BCUT2D eigenvalue weighted by atomic mass is 10.1. The van der Waals surface area contributed by atoms with E-state index in [2.05, 4.69) is 4.98 Å². The molecule has 0 radical (unpaired) electrons. The molecule has 0 aromatic carbocycles. The number of aliphatic hydroxyl groups is 1. The predicted octanol–water partition coefficient (Wildman–Crippen LogP) is 2.50. The maximum atomic E-state index is 11.8. The van der Waals surface area contributed by atoms with Gasteiger partial charge in [-0.05, 0) is 34.1 Å². The Balaban J connectivity index is 2.84. The first kappa shape index (κ1) is 15.9. The molecule has 0 saturated heterocycles. The largest absolute Gasteiger partial charge is 0.442 e. The number of ether oxygens (including phenoxy) is 1. The first-order valence-electron chi connectivity index (χ1n) is 5.98. The van der Waals surface area contributed by atoms with Crippen LogP contribution in [0.4, 0.5) is 4.79 Å². The topological polar surface area (TPSA) is 82.9 Å². The quantitative estimate of drug-likeness (QED) is 0.657. The summed E-state index contributed by atoms with van der Waals surface area (Å²) < 4.78 is 5.09. The van der Waals surface area contributed by atoms with Gasteiger partial charge in [0.05, 0.1) is 10.7 Å². The van der Waals surface area contributed by atoms with Gasteiger partial charge in [-0.1, -0.05) is 0 Å². The summed E-state index contributed by atoms with van der Waals surface area (Å²) in [5.74, 6) is 0. The molecule has 1 aromatic rings. The van der Waals surface area contributed by atoms with Crippen LogP contribution in [-0.2, 0) is 4.74 Å². The zero-order valence-corrected chi connectivity index (χ0v) is 12.4. The van der Waals surface area contributed by atoms with Crippen LogP contribution in [0.2, 0.25) is 0 Å². The summed E-state index contributed by atoms with van der Waals surface area (Å²) >= 11 is 1.42. The van der Waals surface area contributed by atoms with Gasteiger partial charge in [-0.3, -0.25) is 5.21 Å². The summed E-state index contributed by atoms with van der Waals surface area (Å²) in [5, 5.41) is 22.1. The van der Waals surface area contributed by atoms with Crippen molar-refractivity contribution in [2.45, 2.75) is 45.8 Å². The van der Waals surface area contributed by atoms with Crippen molar-refractivity contribution in [3.8, 4) is 0 Å². The third-order valence-electron chi connectivity index (χ3n) is 2.26. The molecule has 0 saturated carbocycles. The molecule has 1 amide bonds. The normalized spacial score (nSPS) is 13.2. The van der Waals surface area contributed by atoms with Crippen LogP contribution in [0.3, 0.4) is 0 Å². The predicted molar refractivity (Wildman–Crippen MR) is 71.2 cm³/mol. The minimum atomic E-state index is -0.850. The molecule has 19 heavy (non-hydrogen) atoms. The van der Waals surface area contributed by atoms with Gasteiger partial charge in [-0.15, -0.1) is 11.3 Å². The molecule has 0 fully saturated rings. The highest BCUT2D eigenvalue weighted by Gasteiger charge is 2.29. The fourth-order valence-electron chi connectivity index (χ4n) is 1.49. The Bertz CT molecular complexity index is 428. The molecule has 0 unspecified atom stereocenters. The Hall–Kier alpha value is -1.18. The second-order valence-corrected chi connectivity index (χ2v) is 6.21. The minimum absolute atomic E-state index is 0.166. The van der Waals surface area contributed by atoms with E-state index in [1.165, 1.54) is 11.3 Å². The van der Waals surface area contributed by atoms with Crippen molar-refractivity contribution >= 4 is 17.4 Å². The number of aromatic nitrogens is 1. The molecule has 1 heterocycles. The second-order valence-electron chi connectivity index (χ2n) is 5.14. The molecule has 0 aliphatic carbocycles. The summed E-state index contributed by atoms with van der Waals surface area (Å²) in [6.45, 7) is 6.81. The average Bonchev–Trinajstić information content (AvgIpc) is 2.69. The number of aliphatic hydroxyl groups excluding tert-OH is 1. The van der Waals surface area contributed by atoms with E-state index in [9.17, 15) is 10.0 Å². The van der Waals surface area contributed by atoms with E-state index in [1.807, 2.05) is 6.92 Å². The molecule has 1 aromatic heterocycles. The molecule has 0 bridgehead atoms. The van der Waals surface area contributed by atoms with Gasteiger partial charge in [0.25, 0.3) is 0 Å². The van der Waals surface area contributed by atoms with E-state index in [0.29, 0.717) is 10.8 Å². The van der Waals surface area contributed by atoms with E-state index < -0.39 is 17.7 Å². The third-order valence-corrected chi connectivity index (χ3v) is 3.05. The minimum Gasteiger partial charge on any atom is -0.442 e. The third kappa shape index (κ3) is 4.77. The van der Waals surface area contributed by atoms with Gasteiger partial charge in [0.15, 0.2) is 0 Å². The maximum absolute atomic E-state index is 11.8. The number of hydrogen-bond donors (Lipinski definition) is 2. The number of carbonyl (C=O) groups excluding carboxylic acids is 1. The Morgan fingerprint density at radius 1 is 1.58 bits per heavy atom. The summed E-state index contributed by atoms with van der Waals surface area (Å²) in [7, 11) is 0. The Kier molecular flexibility index (Phi) is 5.28. The lowest BCUT2D eigenvalue weighted by Crippen LogP contribution is -2.37. The van der Waals surface area contributed by atoms with Gasteiger partial charge in [0.1, 0.15) is 11.6 Å². The van der Waals surface area contributed by atoms with Crippen molar-refractivity contribution in [2.75, 3.05) is 6.61 Å². The number of aryl methyl sites for hydroxylation is 1. The summed E-state index contributed by atoms with van der Waals surface area (Å²) in [6.07, 6.45) is -0.657. The van der Waals surface area contributed by atoms with Gasteiger partial charge in [-0.25, -0.2) is 9.78 Å². The van der Waals surface area contributed by atoms with Gasteiger partial charge in [-0.2, -0.15) is 5.06 Å². The molecule has 0 aliphatic rings. The summed E-state index contributed by atoms with van der Waals surface area (Å²) in [6, 6.07) is -0.704. The zero-order valence-electron chi connectivity index (χ0n) is 11.6. The summed E-state index contributed by atoms with van der Waals surface area (Å²) in [4.78, 5) is 16.0. The molecule has 1 atom stereocenters. The smallest absolute Gasteiger partial charge is 0.434 e. The van der Waals surface area contributed by atoms with Gasteiger partial charge in [0.2, 0.25) is 0 Å². The number of hydroxylamine groups is 2. The first-order chi connectivity index (χ1) is 8.74. The van der Waals surface area contributed by atoms with Crippen molar-refractivity contribution in [1.82, 2.24) is 10.0 Å². The van der Waals surface area contributed by atoms with Gasteiger partial charge >= 0.3 is 6.09 Å². The molecule has 6 nitrogen and oxygen atoms in total. The molecule has 0 aliphatic heterocycles. The highest BCUT2D eigenvalue weighted by Crippen LogP contribution is 2.25. The van der Waals surface area contributed by atoms with Crippen molar-refractivity contribution in [3.05, 3.63) is 16.1 Å². The first-order valence-corrected chi connectivity index (χ1v) is 6.86. The maximum Gasteiger partial charge on any atom is 0.434 e. The average molecular weight is 288 g/mol. The van der Waals surface area contributed by atoms with Crippen LogP contribution in [0, 0.1) is 6.92 Å². The number of thiazole rings is 1. The number of hydrogen-bond acceptors (Lipinski definition) is 6. The van der Waals surface area contributed by atoms with Crippen LogP contribution < -0.4 is 0 Å². The van der Waals surface area contributed by atoms with Crippen LogP contribution >= 0.6 is 11.3 Å². The van der Waals surface area contributed by atoms with E-state index in [0.717, 1.165) is 5.01 Å². The Morgan fingerprint density at radius 3 is 2.63 bits per heavy atom. The molecule has 0 spiro atoms. The summed E-state index contributed by atoms with van der Waals surface area (Å²) in [5.41, 5.74) is -0.148. The number of amides is 1. The molecule has 1 rings (SSSR count). The highest BCUT2D eigenvalue weighted by molar-refractivity contribution is 7.09. The molecule has 108 valence electrons. The zero-order chi connectivity index (χ0) is 14.6. The number of rotatable bonds is 4. The van der Waals surface area contributed by atoms with Crippen molar-refractivity contribution in [3.63, 3.8) is 0 Å². The van der Waals surface area contributed by atoms with Crippen LogP contribution in [0.5, 0.6) is 0 Å². The second kappa shape index (κ2) is 6.31. The molecule has 2 N–H and O–H groups in total.